The number of amides is 1. The molecule has 1 heterocycles. The molecule has 4 rings (SSSR count). The number of nitrogens with zero attached hydrogens (tertiary/aromatic N) is 1. The second kappa shape index (κ2) is 8.21. The van der Waals surface area contributed by atoms with Crippen LogP contribution in [0.4, 0.5) is 5.69 Å². The van der Waals surface area contributed by atoms with Gasteiger partial charge in [0, 0.05) is 27.5 Å². The first-order valence-corrected chi connectivity index (χ1v) is 10.3. The molecule has 28 heavy (non-hydrogen) atoms. The van der Waals surface area contributed by atoms with Crippen LogP contribution in [0.15, 0.2) is 87.6 Å². The molecule has 0 aromatic heterocycles. The van der Waals surface area contributed by atoms with E-state index in [1.807, 2.05) is 54.6 Å². The predicted molar refractivity (Wildman–Crippen MR) is 116 cm³/mol. The maximum absolute atomic E-state index is 12.7. The first-order valence-electron chi connectivity index (χ1n) is 9.10. The number of hydrogen-bond donors (Lipinski definition) is 1. The molecule has 0 radical (unpaired) electrons. The summed E-state index contributed by atoms with van der Waals surface area (Å²) in [6, 6.07) is 23.7. The number of hydrogen-bond acceptors (Lipinski definition) is 3. The third-order valence-electron chi connectivity index (χ3n) is 4.71. The molecule has 1 unspecified atom stereocenters. The van der Waals surface area contributed by atoms with Crippen LogP contribution in [-0.4, -0.2) is 17.6 Å². The molecular weight excluding hydrogens is 388 g/mol. The number of aliphatic imine (C=N–C) groups is 1. The third-order valence-corrected chi connectivity index (χ3v) is 6.14. The Labute approximate surface area is 173 Å². The molecule has 0 saturated heterocycles. The normalized spacial score (nSPS) is 13.6. The smallest absolute Gasteiger partial charge is 0.251 e. The lowest BCUT2D eigenvalue weighted by Gasteiger charge is -2.13. The maximum atomic E-state index is 12.7. The Hall–Kier alpha value is -2.56. The summed E-state index contributed by atoms with van der Waals surface area (Å²) in [5.41, 5.74) is 3.41. The lowest BCUT2D eigenvalue weighted by Crippen LogP contribution is -2.27. The topological polar surface area (TPSA) is 41.5 Å². The van der Waals surface area contributed by atoms with Crippen LogP contribution in [0.5, 0.6) is 0 Å². The zero-order chi connectivity index (χ0) is 19.5. The van der Waals surface area contributed by atoms with Gasteiger partial charge in [0.15, 0.2) is 0 Å². The van der Waals surface area contributed by atoms with E-state index in [0.717, 1.165) is 21.0 Å². The Kier molecular flexibility index (Phi) is 5.51. The second-order valence-corrected chi connectivity index (χ2v) is 8.15. The first-order chi connectivity index (χ1) is 13.6. The number of benzene rings is 3. The SMILES string of the molecule is CC(CNC(=O)c1ccc2c(c1)N=C(Cl)c1ccccc1S2)c1ccccc1. The van der Waals surface area contributed by atoms with Gasteiger partial charge in [-0.2, -0.15) is 0 Å². The van der Waals surface area contributed by atoms with E-state index in [1.165, 1.54) is 5.56 Å². The molecular formula is C23H19ClN2OS. The van der Waals surface area contributed by atoms with Crippen LogP contribution in [0.1, 0.15) is 34.3 Å². The highest BCUT2D eigenvalue weighted by atomic mass is 35.5. The van der Waals surface area contributed by atoms with Crippen LogP contribution in [-0.2, 0) is 0 Å². The number of halogens is 1. The number of carbonyl (C=O) groups is 1. The number of fused-ring (bicyclic) bond motifs is 2. The lowest BCUT2D eigenvalue weighted by molar-refractivity contribution is 0.0951. The van der Waals surface area contributed by atoms with Crippen LogP contribution in [0.25, 0.3) is 0 Å². The first kappa shape index (κ1) is 18.8. The Morgan fingerprint density at radius 1 is 1.04 bits per heavy atom. The molecule has 3 aromatic carbocycles. The zero-order valence-corrected chi connectivity index (χ0v) is 16.9. The fourth-order valence-electron chi connectivity index (χ4n) is 3.09. The van der Waals surface area contributed by atoms with Gasteiger partial charge < -0.3 is 5.32 Å². The van der Waals surface area contributed by atoms with Crippen molar-refractivity contribution in [1.29, 1.82) is 0 Å². The summed E-state index contributed by atoms with van der Waals surface area (Å²) >= 11 is 8.03. The van der Waals surface area contributed by atoms with Gasteiger partial charge in [0.2, 0.25) is 0 Å². The van der Waals surface area contributed by atoms with Crippen molar-refractivity contribution in [3.8, 4) is 0 Å². The third kappa shape index (κ3) is 3.98. The monoisotopic (exact) mass is 406 g/mol. The molecule has 1 amide bonds. The summed E-state index contributed by atoms with van der Waals surface area (Å²) < 4.78 is 0. The minimum atomic E-state index is -0.108. The summed E-state index contributed by atoms with van der Waals surface area (Å²) in [5, 5.41) is 3.46. The molecule has 1 atom stereocenters. The van der Waals surface area contributed by atoms with E-state index in [9.17, 15) is 4.79 Å². The van der Waals surface area contributed by atoms with E-state index in [1.54, 1.807) is 17.8 Å². The molecule has 3 aromatic rings. The molecule has 1 N–H and O–H groups in total. The van der Waals surface area contributed by atoms with Crippen molar-refractivity contribution in [3.05, 3.63) is 89.5 Å². The lowest BCUT2D eigenvalue weighted by atomic mass is 10.0. The van der Waals surface area contributed by atoms with Gasteiger partial charge in [-0.3, -0.25) is 4.79 Å². The highest BCUT2D eigenvalue weighted by Gasteiger charge is 2.18. The quantitative estimate of drug-likeness (QED) is 0.577. The van der Waals surface area contributed by atoms with Gasteiger partial charge in [0.05, 0.1) is 5.69 Å². The van der Waals surface area contributed by atoms with E-state index >= 15 is 0 Å². The van der Waals surface area contributed by atoms with Crippen molar-refractivity contribution in [2.24, 2.45) is 4.99 Å². The van der Waals surface area contributed by atoms with Gasteiger partial charge in [-0.25, -0.2) is 4.99 Å². The molecule has 0 bridgehead atoms. The van der Waals surface area contributed by atoms with E-state index in [0.29, 0.717) is 17.3 Å². The fraction of sp³-hybridized carbons (Fsp3) is 0.130. The summed E-state index contributed by atoms with van der Waals surface area (Å²) in [4.78, 5) is 19.2. The summed E-state index contributed by atoms with van der Waals surface area (Å²) in [6.07, 6.45) is 0. The van der Waals surface area contributed by atoms with Gasteiger partial charge in [-0.05, 0) is 35.7 Å². The van der Waals surface area contributed by atoms with Crippen molar-refractivity contribution < 1.29 is 4.79 Å². The van der Waals surface area contributed by atoms with E-state index in [-0.39, 0.29) is 11.8 Å². The largest absolute Gasteiger partial charge is 0.351 e. The highest BCUT2D eigenvalue weighted by molar-refractivity contribution is 7.99. The standard InChI is InChI=1S/C23H19ClN2OS/c1-15(16-7-3-2-4-8-16)14-25-23(27)17-11-12-21-19(13-17)26-22(24)18-9-5-6-10-20(18)28-21/h2-13,15H,14H2,1H3,(H,25,27). The van der Waals surface area contributed by atoms with Crippen molar-refractivity contribution in [2.45, 2.75) is 22.6 Å². The molecule has 3 nitrogen and oxygen atoms in total. The Morgan fingerprint density at radius 3 is 2.61 bits per heavy atom. The van der Waals surface area contributed by atoms with Crippen LogP contribution in [0, 0.1) is 0 Å². The van der Waals surface area contributed by atoms with E-state index in [2.05, 4.69) is 29.4 Å². The Balaban J connectivity index is 1.52. The Bertz CT molecular complexity index is 1050. The highest BCUT2D eigenvalue weighted by Crippen LogP contribution is 2.41. The van der Waals surface area contributed by atoms with Gasteiger partial charge in [-0.1, -0.05) is 78.8 Å². The summed E-state index contributed by atoms with van der Waals surface area (Å²) in [7, 11) is 0. The average molecular weight is 407 g/mol. The molecule has 0 aliphatic carbocycles. The maximum Gasteiger partial charge on any atom is 0.251 e. The van der Waals surface area contributed by atoms with Crippen LogP contribution in [0.2, 0.25) is 0 Å². The second-order valence-electron chi connectivity index (χ2n) is 6.71. The van der Waals surface area contributed by atoms with E-state index < -0.39 is 0 Å². The van der Waals surface area contributed by atoms with Gasteiger partial charge in [-0.15, -0.1) is 0 Å². The molecule has 1 aliphatic rings. The van der Waals surface area contributed by atoms with Crippen LogP contribution < -0.4 is 5.32 Å². The van der Waals surface area contributed by atoms with Gasteiger partial charge in [0.1, 0.15) is 5.17 Å². The van der Waals surface area contributed by atoms with Crippen molar-refractivity contribution in [1.82, 2.24) is 5.32 Å². The molecule has 1 aliphatic heterocycles. The molecule has 0 saturated carbocycles. The van der Waals surface area contributed by atoms with Gasteiger partial charge >= 0.3 is 0 Å². The summed E-state index contributed by atoms with van der Waals surface area (Å²) in [5.74, 6) is 0.132. The molecule has 0 fully saturated rings. The van der Waals surface area contributed by atoms with Crippen LogP contribution in [0.3, 0.4) is 0 Å². The number of rotatable bonds is 4. The molecule has 5 heteroatoms. The van der Waals surface area contributed by atoms with Crippen molar-refractivity contribution in [2.75, 3.05) is 6.54 Å². The fourth-order valence-corrected chi connectivity index (χ4v) is 4.41. The van der Waals surface area contributed by atoms with E-state index in [4.69, 9.17) is 11.6 Å². The number of nitrogens with one attached hydrogen (secondary N) is 1. The van der Waals surface area contributed by atoms with Crippen LogP contribution >= 0.6 is 23.4 Å². The zero-order valence-electron chi connectivity index (χ0n) is 15.4. The Morgan fingerprint density at radius 2 is 1.79 bits per heavy atom. The van der Waals surface area contributed by atoms with Gasteiger partial charge in [0.25, 0.3) is 5.91 Å². The number of carbonyl (C=O) groups excluding carboxylic acids is 1. The summed E-state index contributed by atoms with van der Waals surface area (Å²) in [6.45, 7) is 2.68. The molecule has 0 spiro atoms. The van der Waals surface area contributed by atoms with Crippen molar-refractivity contribution >= 4 is 40.1 Å². The predicted octanol–water partition coefficient (Wildman–Crippen LogP) is 6.00. The minimum Gasteiger partial charge on any atom is -0.351 e. The average Bonchev–Trinajstić information content (AvgIpc) is 2.87. The van der Waals surface area contributed by atoms with Crippen molar-refractivity contribution in [3.63, 3.8) is 0 Å². The minimum absolute atomic E-state index is 0.108. The molecule has 140 valence electrons.